The molecule has 1 aliphatic heterocycles. The zero-order valence-electron chi connectivity index (χ0n) is 12.0. The third-order valence-electron chi connectivity index (χ3n) is 3.93. The Morgan fingerprint density at radius 3 is 2.55 bits per heavy atom. The Labute approximate surface area is 124 Å². The highest BCUT2D eigenvalue weighted by Crippen LogP contribution is 2.20. The maximum atomic E-state index is 12.1. The molecule has 0 radical (unpaired) electrons. The maximum Gasteiger partial charge on any atom is 0.222 e. The minimum Gasteiger partial charge on any atom is -0.343 e. The van der Waals surface area contributed by atoms with E-state index in [1.807, 2.05) is 10.3 Å². The van der Waals surface area contributed by atoms with Crippen LogP contribution in [0.25, 0.3) is 0 Å². The van der Waals surface area contributed by atoms with Crippen LogP contribution in [0.3, 0.4) is 0 Å². The van der Waals surface area contributed by atoms with E-state index in [0.717, 1.165) is 6.42 Å². The fraction of sp³-hybridized carbons (Fsp3) is 0.643. The van der Waals surface area contributed by atoms with Crippen LogP contribution in [-0.2, 0) is 21.1 Å². The largest absolute Gasteiger partial charge is 0.343 e. The van der Waals surface area contributed by atoms with E-state index in [0.29, 0.717) is 32.4 Å². The van der Waals surface area contributed by atoms with Crippen molar-refractivity contribution in [3.8, 4) is 0 Å². The Balaban J connectivity index is 1.82. The Hall–Kier alpha value is -0.880. The van der Waals surface area contributed by atoms with Gasteiger partial charge in [-0.3, -0.25) is 4.79 Å². The van der Waals surface area contributed by atoms with Crippen molar-refractivity contribution in [2.75, 3.05) is 19.3 Å². The molecule has 0 atom stereocenters. The SMILES string of the molecule is Cc1ccsc1CCC(=O)N1CCC(S(C)(=O)=O)CC1. The maximum absolute atomic E-state index is 12.1. The van der Waals surface area contributed by atoms with Gasteiger partial charge in [0.1, 0.15) is 9.84 Å². The molecule has 2 rings (SSSR count). The van der Waals surface area contributed by atoms with Crippen LogP contribution in [-0.4, -0.2) is 43.8 Å². The summed E-state index contributed by atoms with van der Waals surface area (Å²) < 4.78 is 23.0. The quantitative estimate of drug-likeness (QED) is 0.854. The summed E-state index contributed by atoms with van der Waals surface area (Å²) in [6, 6.07) is 2.07. The standard InChI is InChI=1S/C14H21NO3S2/c1-11-7-10-19-13(11)3-4-14(16)15-8-5-12(6-9-15)20(2,17)18/h7,10,12H,3-6,8-9H2,1-2H3. The zero-order chi connectivity index (χ0) is 14.8. The number of sulfone groups is 1. The molecule has 112 valence electrons. The van der Waals surface area contributed by atoms with Crippen LogP contribution in [0.1, 0.15) is 29.7 Å². The van der Waals surface area contributed by atoms with E-state index in [4.69, 9.17) is 0 Å². The fourth-order valence-electron chi connectivity index (χ4n) is 2.57. The number of hydrogen-bond acceptors (Lipinski definition) is 4. The lowest BCUT2D eigenvalue weighted by molar-refractivity contribution is -0.131. The number of aryl methyl sites for hydroxylation is 2. The normalized spacial score (nSPS) is 17.4. The number of amides is 1. The van der Waals surface area contributed by atoms with Crippen molar-refractivity contribution < 1.29 is 13.2 Å². The number of piperidine rings is 1. The van der Waals surface area contributed by atoms with E-state index in [-0.39, 0.29) is 11.2 Å². The Morgan fingerprint density at radius 1 is 1.40 bits per heavy atom. The summed E-state index contributed by atoms with van der Waals surface area (Å²) in [5.41, 5.74) is 1.25. The van der Waals surface area contributed by atoms with Crippen LogP contribution in [0.2, 0.25) is 0 Å². The van der Waals surface area contributed by atoms with E-state index in [1.165, 1.54) is 16.7 Å². The highest BCUT2D eigenvalue weighted by atomic mass is 32.2. The lowest BCUT2D eigenvalue weighted by atomic mass is 10.1. The van der Waals surface area contributed by atoms with Crippen LogP contribution >= 0.6 is 11.3 Å². The van der Waals surface area contributed by atoms with Crippen LogP contribution in [0.15, 0.2) is 11.4 Å². The average Bonchev–Trinajstić information content (AvgIpc) is 2.81. The third-order valence-corrected chi connectivity index (χ3v) is 6.70. The molecule has 20 heavy (non-hydrogen) atoms. The summed E-state index contributed by atoms with van der Waals surface area (Å²) in [7, 11) is -2.96. The van der Waals surface area contributed by atoms with Crippen LogP contribution in [0, 0.1) is 6.92 Å². The van der Waals surface area contributed by atoms with Crippen molar-refractivity contribution in [2.24, 2.45) is 0 Å². The van der Waals surface area contributed by atoms with Crippen LogP contribution in [0.4, 0.5) is 0 Å². The molecule has 0 saturated carbocycles. The number of likely N-dealkylation sites (tertiary alicyclic amines) is 1. The van der Waals surface area contributed by atoms with Gasteiger partial charge in [0.05, 0.1) is 5.25 Å². The van der Waals surface area contributed by atoms with Gasteiger partial charge in [0.2, 0.25) is 5.91 Å². The zero-order valence-corrected chi connectivity index (χ0v) is 13.6. The molecular formula is C14H21NO3S2. The Kier molecular flexibility index (Phi) is 4.86. The van der Waals surface area contributed by atoms with Gasteiger partial charge in [-0.05, 0) is 43.2 Å². The van der Waals surface area contributed by atoms with Crippen LogP contribution < -0.4 is 0 Å². The molecule has 1 fully saturated rings. The molecule has 0 bridgehead atoms. The highest BCUT2D eigenvalue weighted by Gasteiger charge is 2.28. The molecular weight excluding hydrogens is 294 g/mol. The number of nitrogens with zero attached hydrogens (tertiary/aromatic N) is 1. The van der Waals surface area contributed by atoms with Crippen LogP contribution in [0.5, 0.6) is 0 Å². The third kappa shape index (κ3) is 3.82. The van der Waals surface area contributed by atoms with E-state index in [2.05, 4.69) is 13.0 Å². The van der Waals surface area contributed by atoms with Gasteiger partial charge in [0.15, 0.2) is 0 Å². The topological polar surface area (TPSA) is 54.5 Å². The van der Waals surface area contributed by atoms with Gasteiger partial charge < -0.3 is 4.90 Å². The number of hydrogen-bond donors (Lipinski definition) is 0. The summed E-state index contributed by atoms with van der Waals surface area (Å²) in [6.07, 6.45) is 3.74. The molecule has 0 aromatic carbocycles. The van der Waals surface area contributed by atoms with E-state index < -0.39 is 9.84 Å². The van der Waals surface area contributed by atoms with Gasteiger partial charge >= 0.3 is 0 Å². The minimum absolute atomic E-state index is 0.143. The van der Waals surface area contributed by atoms with Crippen molar-refractivity contribution >= 4 is 27.1 Å². The predicted molar refractivity (Wildman–Crippen MR) is 81.8 cm³/mol. The van der Waals surface area contributed by atoms with Gasteiger partial charge in [-0.25, -0.2) is 8.42 Å². The van der Waals surface area contributed by atoms with Crippen molar-refractivity contribution in [2.45, 2.75) is 37.9 Å². The second-order valence-electron chi connectivity index (χ2n) is 5.44. The molecule has 2 heterocycles. The molecule has 1 amide bonds. The van der Waals surface area contributed by atoms with Crippen molar-refractivity contribution in [3.05, 3.63) is 21.9 Å². The Bertz CT molecular complexity index is 569. The fourth-order valence-corrected chi connectivity index (χ4v) is 4.55. The molecule has 1 saturated heterocycles. The highest BCUT2D eigenvalue weighted by molar-refractivity contribution is 7.91. The van der Waals surface area contributed by atoms with Gasteiger partial charge in [-0.15, -0.1) is 11.3 Å². The number of rotatable bonds is 4. The molecule has 0 aliphatic carbocycles. The number of carbonyl (C=O) groups excluding carboxylic acids is 1. The van der Waals surface area contributed by atoms with Gasteiger partial charge in [0, 0.05) is 30.6 Å². The van der Waals surface area contributed by atoms with E-state index in [1.54, 1.807) is 11.3 Å². The first kappa shape index (κ1) is 15.5. The summed E-state index contributed by atoms with van der Waals surface area (Å²) in [6.45, 7) is 3.20. The summed E-state index contributed by atoms with van der Waals surface area (Å²) in [4.78, 5) is 15.2. The van der Waals surface area contributed by atoms with Crippen molar-refractivity contribution in [1.82, 2.24) is 4.90 Å². The molecule has 4 nitrogen and oxygen atoms in total. The molecule has 0 unspecified atom stereocenters. The van der Waals surface area contributed by atoms with Gasteiger partial charge in [0.25, 0.3) is 0 Å². The average molecular weight is 315 g/mol. The lowest BCUT2D eigenvalue weighted by Gasteiger charge is -2.31. The van der Waals surface area contributed by atoms with Gasteiger partial charge in [-0.2, -0.15) is 0 Å². The summed E-state index contributed by atoms with van der Waals surface area (Å²) in [5, 5.41) is 1.78. The smallest absolute Gasteiger partial charge is 0.222 e. The number of carbonyl (C=O) groups is 1. The first-order chi connectivity index (χ1) is 9.38. The molecule has 1 aliphatic rings. The number of thiophene rings is 1. The molecule has 1 aromatic rings. The van der Waals surface area contributed by atoms with E-state index >= 15 is 0 Å². The molecule has 0 spiro atoms. The molecule has 1 aromatic heterocycles. The predicted octanol–water partition coefficient (Wildman–Crippen LogP) is 2.02. The monoisotopic (exact) mass is 315 g/mol. The van der Waals surface area contributed by atoms with Gasteiger partial charge in [-0.1, -0.05) is 0 Å². The molecule has 6 heteroatoms. The molecule has 0 N–H and O–H groups in total. The summed E-state index contributed by atoms with van der Waals surface area (Å²) >= 11 is 1.69. The second kappa shape index (κ2) is 6.26. The van der Waals surface area contributed by atoms with Crippen molar-refractivity contribution in [1.29, 1.82) is 0 Å². The lowest BCUT2D eigenvalue weighted by Crippen LogP contribution is -2.42. The first-order valence-electron chi connectivity index (χ1n) is 6.87. The summed E-state index contributed by atoms with van der Waals surface area (Å²) in [5.74, 6) is 0.143. The second-order valence-corrected chi connectivity index (χ2v) is 8.76. The minimum atomic E-state index is -2.96. The van der Waals surface area contributed by atoms with E-state index in [9.17, 15) is 13.2 Å². The Morgan fingerprint density at radius 2 is 2.05 bits per heavy atom. The van der Waals surface area contributed by atoms with Crippen molar-refractivity contribution in [3.63, 3.8) is 0 Å². The first-order valence-corrected chi connectivity index (χ1v) is 9.71.